The van der Waals surface area contributed by atoms with Crippen LogP contribution in [0.1, 0.15) is 59.7 Å². The molecule has 0 spiro atoms. The molecule has 5 nitrogen and oxygen atoms in total. The van der Waals surface area contributed by atoms with Gasteiger partial charge in [-0.15, -0.1) is 0 Å². The van der Waals surface area contributed by atoms with Crippen molar-refractivity contribution < 1.29 is 14.4 Å². The van der Waals surface area contributed by atoms with E-state index < -0.39 is 0 Å². The van der Waals surface area contributed by atoms with E-state index in [2.05, 4.69) is 22.9 Å². The molecule has 1 atom stereocenters. The van der Waals surface area contributed by atoms with E-state index in [-0.39, 0.29) is 24.3 Å². The lowest BCUT2D eigenvalue weighted by Crippen LogP contribution is -2.42. The number of likely N-dealkylation sites (tertiary alicyclic amines) is 1. The van der Waals surface area contributed by atoms with Crippen molar-refractivity contribution in [3.05, 3.63) is 33.8 Å². The summed E-state index contributed by atoms with van der Waals surface area (Å²) in [5.74, 6) is -0.405. The molecule has 1 saturated heterocycles. The molecule has 1 fully saturated rings. The van der Waals surface area contributed by atoms with Gasteiger partial charge in [0, 0.05) is 30.0 Å². The fraction of sp³-hybridized carbons (Fsp3) is 0.500. The average molecular weight is 393 g/mol. The third kappa shape index (κ3) is 3.24. The summed E-state index contributed by atoms with van der Waals surface area (Å²) in [7, 11) is 0. The van der Waals surface area contributed by atoms with E-state index in [1.165, 1.54) is 11.3 Å². The first kappa shape index (κ1) is 17.1. The first-order valence-corrected chi connectivity index (χ1v) is 9.23. The fourth-order valence-corrected chi connectivity index (χ4v) is 3.83. The van der Waals surface area contributed by atoms with Crippen LogP contribution in [0.5, 0.6) is 0 Å². The standard InChI is InChI=1S/C18H21BrN2O3/c1-12-5-2-3-9-20(12)16(22)6-4-10-21-17(23)14-8-7-13(19)11-15(14)18(21)24/h7-8,11-12H,2-6,9-10H2,1H3. The normalized spacial score (nSPS) is 20.5. The molecule has 24 heavy (non-hydrogen) atoms. The Balaban J connectivity index is 1.57. The van der Waals surface area contributed by atoms with Gasteiger partial charge in [0.2, 0.25) is 5.91 Å². The monoisotopic (exact) mass is 392 g/mol. The van der Waals surface area contributed by atoms with E-state index >= 15 is 0 Å². The number of imide groups is 1. The summed E-state index contributed by atoms with van der Waals surface area (Å²) in [5.41, 5.74) is 0.879. The third-order valence-corrected chi connectivity index (χ3v) is 5.32. The molecule has 6 heteroatoms. The maximum Gasteiger partial charge on any atom is 0.261 e. The Labute approximate surface area is 150 Å². The second kappa shape index (κ2) is 7.05. The van der Waals surface area contributed by atoms with Crippen LogP contribution in [0.3, 0.4) is 0 Å². The predicted octanol–water partition coefficient (Wildman–Crippen LogP) is 3.23. The quantitative estimate of drug-likeness (QED) is 0.739. The van der Waals surface area contributed by atoms with Crippen molar-refractivity contribution in [3.8, 4) is 0 Å². The molecule has 128 valence electrons. The topological polar surface area (TPSA) is 57.7 Å². The van der Waals surface area contributed by atoms with Gasteiger partial charge in [-0.05, 0) is 50.8 Å². The molecule has 0 radical (unpaired) electrons. The number of halogens is 1. The van der Waals surface area contributed by atoms with Crippen LogP contribution in [0.15, 0.2) is 22.7 Å². The van der Waals surface area contributed by atoms with Crippen molar-refractivity contribution in [2.45, 2.75) is 45.1 Å². The second-order valence-electron chi connectivity index (χ2n) is 6.49. The second-order valence-corrected chi connectivity index (χ2v) is 7.40. The number of fused-ring (bicyclic) bond motifs is 1. The number of benzene rings is 1. The fourth-order valence-electron chi connectivity index (χ4n) is 3.47. The Kier molecular flexibility index (Phi) is 5.04. The van der Waals surface area contributed by atoms with E-state index in [4.69, 9.17) is 0 Å². The minimum Gasteiger partial charge on any atom is -0.340 e. The van der Waals surface area contributed by atoms with Crippen LogP contribution < -0.4 is 0 Å². The number of nitrogens with zero attached hydrogens (tertiary/aromatic N) is 2. The van der Waals surface area contributed by atoms with E-state index in [1.54, 1.807) is 18.2 Å². The van der Waals surface area contributed by atoms with Crippen molar-refractivity contribution in [2.75, 3.05) is 13.1 Å². The Hall–Kier alpha value is -1.69. The molecule has 2 heterocycles. The van der Waals surface area contributed by atoms with Crippen molar-refractivity contribution >= 4 is 33.7 Å². The summed E-state index contributed by atoms with van der Waals surface area (Å²) >= 11 is 3.32. The molecule has 3 rings (SSSR count). The minimum absolute atomic E-state index is 0.126. The Bertz CT molecular complexity index is 689. The van der Waals surface area contributed by atoms with Crippen molar-refractivity contribution in [1.29, 1.82) is 0 Å². The van der Waals surface area contributed by atoms with Gasteiger partial charge < -0.3 is 4.90 Å². The number of carbonyl (C=O) groups excluding carboxylic acids is 3. The maximum absolute atomic E-state index is 12.4. The highest BCUT2D eigenvalue weighted by Gasteiger charge is 2.35. The van der Waals surface area contributed by atoms with Crippen LogP contribution in [0.4, 0.5) is 0 Å². The van der Waals surface area contributed by atoms with Gasteiger partial charge in [-0.2, -0.15) is 0 Å². The van der Waals surface area contributed by atoms with Crippen LogP contribution in [-0.2, 0) is 4.79 Å². The molecule has 2 aliphatic heterocycles. The van der Waals surface area contributed by atoms with E-state index in [1.807, 2.05) is 4.90 Å². The predicted molar refractivity (Wildman–Crippen MR) is 93.8 cm³/mol. The summed E-state index contributed by atoms with van der Waals surface area (Å²) in [4.78, 5) is 40.2. The zero-order chi connectivity index (χ0) is 17.3. The highest BCUT2D eigenvalue weighted by atomic mass is 79.9. The molecule has 0 aromatic heterocycles. The number of amides is 3. The molecule has 2 aliphatic rings. The van der Waals surface area contributed by atoms with Gasteiger partial charge in [-0.1, -0.05) is 15.9 Å². The number of hydrogen-bond acceptors (Lipinski definition) is 3. The number of rotatable bonds is 4. The van der Waals surface area contributed by atoms with Gasteiger partial charge in [-0.25, -0.2) is 0 Å². The largest absolute Gasteiger partial charge is 0.340 e. The molecule has 1 aromatic rings. The Morgan fingerprint density at radius 1 is 1.21 bits per heavy atom. The first-order valence-electron chi connectivity index (χ1n) is 8.44. The van der Waals surface area contributed by atoms with Crippen LogP contribution in [0, 0.1) is 0 Å². The average Bonchev–Trinajstić information content (AvgIpc) is 2.79. The van der Waals surface area contributed by atoms with Crippen molar-refractivity contribution in [1.82, 2.24) is 9.80 Å². The SMILES string of the molecule is CC1CCCCN1C(=O)CCCN1C(=O)c2ccc(Br)cc2C1=O. The van der Waals surface area contributed by atoms with Gasteiger partial charge in [-0.3, -0.25) is 19.3 Å². The molecule has 0 N–H and O–H groups in total. The number of hydrogen-bond donors (Lipinski definition) is 0. The smallest absolute Gasteiger partial charge is 0.261 e. The van der Waals surface area contributed by atoms with Crippen LogP contribution in [-0.4, -0.2) is 46.7 Å². The molecular formula is C18H21BrN2O3. The summed E-state index contributed by atoms with van der Waals surface area (Å²) in [6.07, 6.45) is 4.17. The summed E-state index contributed by atoms with van der Waals surface area (Å²) in [6, 6.07) is 5.40. The molecule has 1 aromatic carbocycles. The molecular weight excluding hydrogens is 372 g/mol. The zero-order valence-corrected chi connectivity index (χ0v) is 15.3. The third-order valence-electron chi connectivity index (χ3n) is 4.83. The number of piperidine rings is 1. The Morgan fingerprint density at radius 3 is 2.71 bits per heavy atom. The lowest BCUT2D eigenvalue weighted by molar-refractivity contribution is -0.134. The summed E-state index contributed by atoms with van der Waals surface area (Å²) < 4.78 is 0.776. The summed E-state index contributed by atoms with van der Waals surface area (Å²) in [5, 5.41) is 0. The van der Waals surface area contributed by atoms with Crippen molar-refractivity contribution in [3.63, 3.8) is 0 Å². The lowest BCUT2D eigenvalue weighted by Gasteiger charge is -2.33. The van der Waals surface area contributed by atoms with Gasteiger partial charge in [0.25, 0.3) is 11.8 Å². The maximum atomic E-state index is 12.4. The van der Waals surface area contributed by atoms with Gasteiger partial charge in [0.15, 0.2) is 0 Å². The first-order chi connectivity index (χ1) is 11.5. The summed E-state index contributed by atoms with van der Waals surface area (Å²) in [6.45, 7) is 3.19. The van der Waals surface area contributed by atoms with E-state index in [0.29, 0.717) is 30.0 Å². The molecule has 0 aliphatic carbocycles. The van der Waals surface area contributed by atoms with Gasteiger partial charge in [0.05, 0.1) is 11.1 Å². The highest BCUT2D eigenvalue weighted by molar-refractivity contribution is 9.10. The lowest BCUT2D eigenvalue weighted by atomic mass is 10.0. The van der Waals surface area contributed by atoms with Gasteiger partial charge in [0.1, 0.15) is 0 Å². The minimum atomic E-state index is -0.268. The van der Waals surface area contributed by atoms with Gasteiger partial charge >= 0.3 is 0 Å². The number of carbonyl (C=O) groups is 3. The molecule has 0 saturated carbocycles. The van der Waals surface area contributed by atoms with Crippen LogP contribution >= 0.6 is 15.9 Å². The van der Waals surface area contributed by atoms with E-state index in [0.717, 1.165) is 23.9 Å². The van der Waals surface area contributed by atoms with Crippen LogP contribution in [0.25, 0.3) is 0 Å². The van der Waals surface area contributed by atoms with Crippen LogP contribution in [0.2, 0.25) is 0 Å². The van der Waals surface area contributed by atoms with Crippen molar-refractivity contribution in [2.24, 2.45) is 0 Å². The molecule has 1 unspecified atom stereocenters. The molecule has 0 bridgehead atoms. The molecule has 3 amide bonds. The Morgan fingerprint density at radius 2 is 1.96 bits per heavy atom. The van der Waals surface area contributed by atoms with E-state index in [9.17, 15) is 14.4 Å². The highest BCUT2D eigenvalue weighted by Crippen LogP contribution is 2.26. The zero-order valence-electron chi connectivity index (χ0n) is 13.8.